The predicted octanol–water partition coefficient (Wildman–Crippen LogP) is 6.16. The van der Waals surface area contributed by atoms with Gasteiger partial charge in [-0.3, -0.25) is 0 Å². The summed E-state index contributed by atoms with van der Waals surface area (Å²) in [5.41, 5.74) is 2.42. The van der Waals surface area contributed by atoms with Gasteiger partial charge in [0.05, 0.1) is 0 Å². The van der Waals surface area contributed by atoms with E-state index in [0.717, 1.165) is 0 Å². The van der Waals surface area contributed by atoms with E-state index < -0.39 is 8.24 Å². The van der Waals surface area contributed by atoms with Crippen molar-refractivity contribution in [3.63, 3.8) is 0 Å². The van der Waals surface area contributed by atoms with Gasteiger partial charge in [0.15, 0.2) is 8.24 Å². The fourth-order valence-corrected chi connectivity index (χ4v) is 7.68. The number of hydrogen-bond donors (Lipinski definition) is 0. The quantitative estimate of drug-likeness (QED) is 0.347. The van der Waals surface area contributed by atoms with E-state index in [4.69, 9.17) is 0 Å². The van der Waals surface area contributed by atoms with Crippen LogP contribution in [-0.4, -0.2) is 25.9 Å². The lowest BCUT2D eigenvalue weighted by atomic mass is 10.3. The van der Waals surface area contributed by atoms with E-state index in [9.17, 15) is 0 Å². The number of nitrogens with zero attached hydrogens (tertiary/aromatic N) is 1. The molecular weight excluding hydrogens is 258 g/mol. The summed E-state index contributed by atoms with van der Waals surface area (Å²) in [7, 11) is -1.42. The molecule has 0 fully saturated rings. The minimum absolute atomic E-state index is 1.31. The molecule has 0 aromatic carbocycles. The second kappa shape index (κ2) is 12.6. The standard InChI is InChI=1S/C18H39NSi/c1-6-11-15-19(16-12-7-2)20(10-5,17-13-8-3)18-14-9-4/h10H,5-9,11-18H2,1-4H3. The molecular formula is C18H39NSi. The molecule has 0 aliphatic rings. The van der Waals surface area contributed by atoms with Crippen molar-refractivity contribution < 1.29 is 0 Å². The van der Waals surface area contributed by atoms with Gasteiger partial charge in [-0.2, -0.15) is 0 Å². The van der Waals surface area contributed by atoms with Gasteiger partial charge in [0.25, 0.3) is 0 Å². The van der Waals surface area contributed by atoms with E-state index in [1.54, 1.807) is 0 Å². The molecule has 0 saturated carbocycles. The molecule has 0 aliphatic heterocycles. The Labute approximate surface area is 129 Å². The third-order valence-corrected chi connectivity index (χ3v) is 9.40. The molecule has 0 aromatic rings. The highest BCUT2D eigenvalue weighted by Gasteiger charge is 2.34. The highest BCUT2D eigenvalue weighted by molar-refractivity contribution is 6.81. The molecule has 0 unspecified atom stereocenters. The van der Waals surface area contributed by atoms with Crippen molar-refractivity contribution in [2.24, 2.45) is 0 Å². The topological polar surface area (TPSA) is 3.24 Å². The molecule has 0 aromatic heterocycles. The van der Waals surface area contributed by atoms with Gasteiger partial charge in [-0.1, -0.05) is 71.9 Å². The molecule has 0 saturated heterocycles. The van der Waals surface area contributed by atoms with Gasteiger partial charge in [0.1, 0.15) is 0 Å². The first-order valence-electron chi connectivity index (χ1n) is 9.09. The van der Waals surface area contributed by atoms with Gasteiger partial charge < -0.3 is 4.57 Å². The minimum atomic E-state index is -1.42. The van der Waals surface area contributed by atoms with Gasteiger partial charge >= 0.3 is 0 Å². The lowest BCUT2D eigenvalue weighted by Crippen LogP contribution is -2.53. The summed E-state index contributed by atoms with van der Waals surface area (Å²) in [6.07, 6.45) is 10.7. The molecule has 20 heavy (non-hydrogen) atoms. The SMILES string of the molecule is C=C[Si](CCCC)(CCCC)N(CCCC)CCCC. The molecule has 1 nitrogen and oxygen atoms in total. The zero-order valence-electron chi connectivity index (χ0n) is 14.7. The maximum Gasteiger partial charge on any atom is 0.152 e. The van der Waals surface area contributed by atoms with Crippen LogP contribution in [0, 0.1) is 0 Å². The Hall–Kier alpha value is -0.0831. The van der Waals surface area contributed by atoms with Crippen molar-refractivity contribution in [2.75, 3.05) is 13.1 Å². The third kappa shape index (κ3) is 7.08. The summed E-state index contributed by atoms with van der Waals surface area (Å²) in [6.45, 7) is 16.2. The Kier molecular flexibility index (Phi) is 12.6. The zero-order valence-corrected chi connectivity index (χ0v) is 15.7. The summed E-state index contributed by atoms with van der Waals surface area (Å²) in [5.74, 6) is 0. The summed E-state index contributed by atoms with van der Waals surface area (Å²) < 4.78 is 2.90. The predicted molar refractivity (Wildman–Crippen MR) is 96.8 cm³/mol. The van der Waals surface area contributed by atoms with Crippen LogP contribution in [0.2, 0.25) is 12.1 Å². The Bertz CT molecular complexity index is 211. The van der Waals surface area contributed by atoms with Crippen LogP contribution in [0.3, 0.4) is 0 Å². The molecule has 0 N–H and O–H groups in total. The van der Waals surface area contributed by atoms with Crippen LogP contribution in [0.1, 0.15) is 79.1 Å². The Balaban J connectivity index is 4.94. The van der Waals surface area contributed by atoms with Crippen LogP contribution in [0.15, 0.2) is 12.3 Å². The van der Waals surface area contributed by atoms with Crippen molar-refractivity contribution in [3.05, 3.63) is 12.3 Å². The number of unbranched alkanes of at least 4 members (excludes halogenated alkanes) is 4. The van der Waals surface area contributed by atoms with Crippen molar-refractivity contribution in [3.8, 4) is 0 Å². The van der Waals surface area contributed by atoms with Crippen LogP contribution < -0.4 is 0 Å². The second-order valence-electron chi connectivity index (χ2n) is 6.21. The molecule has 0 radical (unpaired) electrons. The average Bonchev–Trinajstić information content (AvgIpc) is 2.49. The first-order chi connectivity index (χ1) is 9.70. The lowest BCUT2D eigenvalue weighted by Gasteiger charge is -2.41. The largest absolute Gasteiger partial charge is 0.320 e. The van der Waals surface area contributed by atoms with Gasteiger partial charge in [0, 0.05) is 0 Å². The molecule has 0 rings (SSSR count). The van der Waals surface area contributed by atoms with Gasteiger partial charge in [-0.05, 0) is 38.0 Å². The summed E-state index contributed by atoms with van der Waals surface area (Å²) in [6, 6.07) is 2.86. The maximum absolute atomic E-state index is 4.30. The molecule has 2 heteroatoms. The molecule has 120 valence electrons. The maximum atomic E-state index is 4.30. The van der Waals surface area contributed by atoms with Gasteiger partial charge in [-0.15, -0.1) is 6.58 Å². The van der Waals surface area contributed by atoms with E-state index >= 15 is 0 Å². The smallest absolute Gasteiger partial charge is 0.152 e. The fourth-order valence-electron chi connectivity index (χ4n) is 3.00. The van der Waals surface area contributed by atoms with E-state index in [0.29, 0.717) is 0 Å². The monoisotopic (exact) mass is 297 g/mol. The van der Waals surface area contributed by atoms with Crippen molar-refractivity contribution in [2.45, 2.75) is 91.1 Å². The number of rotatable bonds is 14. The van der Waals surface area contributed by atoms with Gasteiger partial charge in [-0.25, -0.2) is 0 Å². The van der Waals surface area contributed by atoms with Crippen LogP contribution >= 0.6 is 0 Å². The normalized spacial score (nSPS) is 12.1. The van der Waals surface area contributed by atoms with Crippen molar-refractivity contribution in [1.82, 2.24) is 4.57 Å². The third-order valence-electron chi connectivity index (χ3n) is 4.50. The van der Waals surface area contributed by atoms with Gasteiger partial charge in [0.2, 0.25) is 0 Å². The molecule has 0 amide bonds. The minimum Gasteiger partial charge on any atom is -0.320 e. The second-order valence-corrected chi connectivity index (χ2v) is 10.5. The highest BCUT2D eigenvalue weighted by Crippen LogP contribution is 2.28. The van der Waals surface area contributed by atoms with Crippen LogP contribution in [0.4, 0.5) is 0 Å². The zero-order chi connectivity index (χ0) is 15.3. The lowest BCUT2D eigenvalue weighted by molar-refractivity contribution is 0.395. The van der Waals surface area contributed by atoms with Crippen molar-refractivity contribution >= 4 is 8.24 Å². The van der Waals surface area contributed by atoms with E-state index in [1.807, 2.05) is 0 Å². The van der Waals surface area contributed by atoms with E-state index in [-0.39, 0.29) is 0 Å². The first kappa shape index (κ1) is 19.9. The van der Waals surface area contributed by atoms with Crippen LogP contribution in [0.5, 0.6) is 0 Å². The van der Waals surface area contributed by atoms with Crippen molar-refractivity contribution in [1.29, 1.82) is 0 Å². The molecule has 0 aliphatic carbocycles. The van der Waals surface area contributed by atoms with E-state index in [2.05, 4.69) is 44.5 Å². The van der Waals surface area contributed by atoms with Crippen LogP contribution in [0.25, 0.3) is 0 Å². The average molecular weight is 298 g/mol. The fraction of sp³-hybridized carbons (Fsp3) is 0.889. The van der Waals surface area contributed by atoms with Crippen LogP contribution in [-0.2, 0) is 0 Å². The Morgan fingerprint density at radius 2 is 1.15 bits per heavy atom. The highest BCUT2D eigenvalue weighted by atomic mass is 28.3. The number of hydrogen-bond acceptors (Lipinski definition) is 1. The summed E-state index contributed by atoms with van der Waals surface area (Å²) >= 11 is 0. The molecule has 0 heterocycles. The summed E-state index contributed by atoms with van der Waals surface area (Å²) in [5, 5.41) is 0. The van der Waals surface area contributed by atoms with E-state index in [1.165, 1.54) is 76.5 Å². The molecule has 0 bridgehead atoms. The molecule has 0 spiro atoms. The Morgan fingerprint density at radius 1 is 0.750 bits per heavy atom. The Morgan fingerprint density at radius 3 is 1.45 bits per heavy atom. The first-order valence-corrected chi connectivity index (χ1v) is 11.5. The molecule has 0 atom stereocenters. The summed E-state index contributed by atoms with van der Waals surface area (Å²) in [4.78, 5) is 0.